The molecule has 120 valence electrons. The van der Waals surface area contributed by atoms with E-state index in [0.717, 1.165) is 10.7 Å². The van der Waals surface area contributed by atoms with Crippen molar-refractivity contribution < 1.29 is 4.79 Å². The number of carbonyl (C=O) groups excluding carboxylic acids is 1. The van der Waals surface area contributed by atoms with Crippen LogP contribution in [0.1, 0.15) is 29.4 Å². The molecule has 5 rings (SSSR count). The average molecular weight is 328 g/mol. The first-order chi connectivity index (χ1) is 11.2. The van der Waals surface area contributed by atoms with E-state index >= 15 is 0 Å². The van der Waals surface area contributed by atoms with Crippen LogP contribution in [0.25, 0.3) is 10.7 Å². The standard InChI is InChI=1S/C17H20N4OS/c1-11-15(12-5-8-21(11)9-6-12)20-16(22)14-10-19-17(23-14)13-4-2-3-7-18-13/h2-4,7,10-12,15H,5-6,8-9H2,1H3,(H,20,22). The molecule has 6 heteroatoms. The summed E-state index contributed by atoms with van der Waals surface area (Å²) in [5, 5.41) is 4.04. The number of aromatic nitrogens is 2. The van der Waals surface area contributed by atoms with Gasteiger partial charge in [-0.15, -0.1) is 11.3 Å². The lowest BCUT2D eigenvalue weighted by molar-refractivity contribution is 0.0218. The van der Waals surface area contributed by atoms with Gasteiger partial charge < -0.3 is 5.32 Å². The minimum absolute atomic E-state index is 0.00437. The zero-order valence-electron chi connectivity index (χ0n) is 13.1. The van der Waals surface area contributed by atoms with Crippen molar-refractivity contribution in [3.05, 3.63) is 35.5 Å². The number of thiazole rings is 1. The van der Waals surface area contributed by atoms with Gasteiger partial charge in [-0.25, -0.2) is 4.98 Å². The summed E-state index contributed by atoms with van der Waals surface area (Å²) in [5.74, 6) is 0.609. The Hall–Kier alpha value is -1.79. The minimum Gasteiger partial charge on any atom is -0.347 e. The molecule has 5 heterocycles. The highest BCUT2D eigenvalue weighted by atomic mass is 32.1. The Morgan fingerprint density at radius 1 is 1.30 bits per heavy atom. The molecule has 0 aromatic carbocycles. The first kappa shape index (κ1) is 14.8. The smallest absolute Gasteiger partial charge is 0.263 e. The van der Waals surface area contributed by atoms with Gasteiger partial charge in [0.2, 0.25) is 0 Å². The molecule has 5 nitrogen and oxygen atoms in total. The molecule has 2 aromatic heterocycles. The Labute approximate surface area is 139 Å². The molecule has 2 unspecified atom stereocenters. The van der Waals surface area contributed by atoms with Gasteiger partial charge in [-0.05, 0) is 50.9 Å². The van der Waals surface area contributed by atoms with Gasteiger partial charge in [-0.3, -0.25) is 14.7 Å². The Morgan fingerprint density at radius 2 is 2.13 bits per heavy atom. The molecule has 1 N–H and O–H groups in total. The number of rotatable bonds is 3. The fourth-order valence-electron chi connectivity index (χ4n) is 3.75. The molecule has 2 aromatic rings. The first-order valence-corrected chi connectivity index (χ1v) is 8.96. The third-order valence-electron chi connectivity index (χ3n) is 5.09. The summed E-state index contributed by atoms with van der Waals surface area (Å²) in [6.07, 6.45) is 5.79. The van der Waals surface area contributed by atoms with E-state index in [1.54, 1.807) is 12.4 Å². The largest absolute Gasteiger partial charge is 0.347 e. The molecule has 3 aliphatic heterocycles. The Bertz CT molecular complexity index is 692. The van der Waals surface area contributed by atoms with Gasteiger partial charge in [0.1, 0.15) is 9.88 Å². The normalized spacial score (nSPS) is 29.4. The molecular formula is C17H20N4OS. The molecule has 3 saturated heterocycles. The number of carbonyl (C=O) groups is 1. The number of hydrogen-bond donors (Lipinski definition) is 1. The van der Waals surface area contributed by atoms with Crippen molar-refractivity contribution in [3.8, 4) is 10.7 Å². The fraction of sp³-hybridized carbons (Fsp3) is 0.471. The second kappa shape index (κ2) is 6.02. The topological polar surface area (TPSA) is 58.1 Å². The fourth-order valence-corrected chi connectivity index (χ4v) is 4.55. The predicted octanol–water partition coefficient (Wildman–Crippen LogP) is 2.42. The lowest BCUT2D eigenvalue weighted by Crippen LogP contribution is -2.62. The lowest BCUT2D eigenvalue weighted by atomic mass is 9.79. The van der Waals surface area contributed by atoms with Gasteiger partial charge in [0.25, 0.3) is 5.91 Å². The molecule has 2 atom stereocenters. The van der Waals surface area contributed by atoms with E-state index in [0.29, 0.717) is 16.8 Å². The molecule has 0 aliphatic carbocycles. The molecule has 3 fully saturated rings. The predicted molar refractivity (Wildman–Crippen MR) is 90.4 cm³/mol. The highest BCUT2D eigenvalue weighted by molar-refractivity contribution is 7.16. The van der Waals surface area contributed by atoms with E-state index in [1.165, 1.54) is 37.3 Å². The van der Waals surface area contributed by atoms with E-state index < -0.39 is 0 Å². The molecule has 23 heavy (non-hydrogen) atoms. The van der Waals surface area contributed by atoms with Crippen molar-refractivity contribution in [3.63, 3.8) is 0 Å². The van der Waals surface area contributed by atoms with Crippen LogP contribution in [0.3, 0.4) is 0 Å². The van der Waals surface area contributed by atoms with Crippen LogP contribution >= 0.6 is 11.3 Å². The van der Waals surface area contributed by atoms with Crippen molar-refractivity contribution in [2.45, 2.75) is 31.8 Å². The maximum atomic E-state index is 12.6. The van der Waals surface area contributed by atoms with Gasteiger partial charge >= 0.3 is 0 Å². The number of nitrogens with zero attached hydrogens (tertiary/aromatic N) is 3. The van der Waals surface area contributed by atoms with Crippen LogP contribution in [-0.2, 0) is 0 Å². The SMILES string of the molecule is CC1C(NC(=O)c2cnc(-c3ccccn3)s2)C2CCN1CC2. The van der Waals surface area contributed by atoms with Crippen molar-refractivity contribution in [2.75, 3.05) is 13.1 Å². The molecule has 1 amide bonds. The van der Waals surface area contributed by atoms with E-state index in [9.17, 15) is 4.79 Å². The van der Waals surface area contributed by atoms with Crippen LogP contribution in [0.2, 0.25) is 0 Å². The quantitative estimate of drug-likeness (QED) is 0.940. The van der Waals surface area contributed by atoms with Crippen molar-refractivity contribution in [1.82, 2.24) is 20.2 Å². The minimum atomic E-state index is -0.00437. The zero-order valence-corrected chi connectivity index (χ0v) is 13.9. The zero-order chi connectivity index (χ0) is 15.8. The molecule has 0 radical (unpaired) electrons. The van der Waals surface area contributed by atoms with E-state index in [4.69, 9.17) is 0 Å². The molecular weight excluding hydrogens is 308 g/mol. The lowest BCUT2D eigenvalue weighted by Gasteiger charge is -2.49. The highest BCUT2D eigenvalue weighted by Crippen LogP contribution is 2.32. The summed E-state index contributed by atoms with van der Waals surface area (Å²) in [6, 6.07) is 6.40. The van der Waals surface area contributed by atoms with Crippen LogP contribution in [0, 0.1) is 5.92 Å². The van der Waals surface area contributed by atoms with Crippen LogP contribution in [-0.4, -0.2) is 45.9 Å². The van der Waals surface area contributed by atoms with Crippen LogP contribution in [0.15, 0.2) is 30.6 Å². The van der Waals surface area contributed by atoms with E-state index in [2.05, 4.69) is 27.1 Å². The summed E-state index contributed by atoms with van der Waals surface area (Å²) in [5.41, 5.74) is 0.813. The van der Waals surface area contributed by atoms with Gasteiger partial charge in [0, 0.05) is 18.3 Å². The van der Waals surface area contributed by atoms with Gasteiger partial charge in [0.15, 0.2) is 0 Å². The highest BCUT2D eigenvalue weighted by Gasteiger charge is 2.40. The number of nitrogens with one attached hydrogen (secondary N) is 1. The number of pyridine rings is 1. The van der Waals surface area contributed by atoms with Crippen molar-refractivity contribution in [1.29, 1.82) is 0 Å². The number of hydrogen-bond acceptors (Lipinski definition) is 5. The summed E-state index contributed by atoms with van der Waals surface area (Å²) >= 11 is 1.40. The maximum absolute atomic E-state index is 12.6. The second-order valence-electron chi connectivity index (χ2n) is 6.36. The number of fused-ring (bicyclic) bond motifs is 3. The Morgan fingerprint density at radius 3 is 2.83 bits per heavy atom. The van der Waals surface area contributed by atoms with Crippen molar-refractivity contribution >= 4 is 17.2 Å². The summed E-state index contributed by atoms with van der Waals surface area (Å²) < 4.78 is 0. The molecule has 2 bridgehead atoms. The second-order valence-corrected chi connectivity index (χ2v) is 7.39. The molecule has 0 saturated carbocycles. The summed E-state index contributed by atoms with van der Waals surface area (Å²) in [7, 11) is 0. The number of piperidine rings is 3. The van der Waals surface area contributed by atoms with Crippen LogP contribution < -0.4 is 5.32 Å². The van der Waals surface area contributed by atoms with E-state index in [1.807, 2.05) is 18.2 Å². The number of amides is 1. The third-order valence-corrected chi connectivity index (χ3v) is 6.11. The average Bonchev–Trinajstić information content (AvgIpc) is 3.09. The molecule has 3 aliphatic rings. The summed E-state index contributed by atoms with van der Waals surface area (Å²) in [6.45, 7) is 4.56. The van der Waals surface area contributed by atoms with Gasteiger partial charge in [0.05, 0.1) is 11.9 Å². The Balaban J connectivity index is 1.49. The van der Waals surface area contributed by atoms with Crippen LogP contribution in [0.5, 0.6) is 0 Å². The summed E-state index contributed by atoms with van der Waals surface area (Å²) in [4.78, 5) is 24.4. The van der Waals surface area contributed by atoms with E-state index in [-0.39, 0.29) is 11.9 Å². The van der Waals surface area contributed by atoms with Crippen LogP contribution in [0.4, 0.5) is 0 Å². The monoisotopic (exact) mass is 328 g/mol. The van der Waals surface area contributed by atoms with Gasteiger partial charge in [-0.1, -0.05) is 6.07 Å². The maximum Gasteiger partial charge on any atom is 0.263 e. The third kappa shape index (κ3) is 2.77. The van der Waals surface area contributed by atoms with Gasteiger partial charge in [-0.2, -0.15) is 0 Å². The first-order valence-electron chi connectivity index (χ1n) is 8.14. The Kier molecular flexibility index (Phi) is 3.87. The van der Waals surface area contributed by atoms with Crippen molar-refractivity contribution in [2.24, 2.45) is 5.92 Å². The molecule has 0 spiro atoms.